The molecule has 1 aromatic rings. The summed E-state index contributed by atoms with van der Waals surface area (Å²) in [5.41, 5.74) is 1.91. The van der Waals surface area contributed by atoms with Gasteiger partial charge in [0.15, 0.2) is 0 Å². The van der Waals surface area contributed by atoms with E-state index in [0.29, 0.717) is 0 Å². The standard InChI is InChI=1S/C13H19NO/c1-3-4-5-10-14(2)13-8-6-12(11-15)7-9-13/h6-9,11H,3-5,10H2,1-2H3. The first-order valence-corrected chi connectivity index (χ1v) is 5.54. The van der Waals surface area contributed by atoms with Gasteiger partial charge in [0, 0.05) is 24.8 Å². The van der Waals surface area contributed by atoms with Crippen molar-refractivity contribution in [3.8, 4) is 0 Å². The lowest BCUT2D eigenvalue weighted by atomic mass is 10.2. The van der Waals surface area contributed by atoms with Gasteiger partial charge < -0.3 is 4.90 Å². The van der Waals surface area contributed by atoms with Crippen molar-refractivity contribution in [3.63, 3.8) is 0 Å². The summed E-state index contributed by atoms with van der Waals surface area (Å²) in [6, 6.07) is 7.71. The van der Waals surface area contributed by atoms with E-state index in [1.54, 1.807) is 0 Å². The maximum atomic E-state index is 10.5. The number of unbranched alkanes of at least 4 members (excludes halogenated alkanes) is 2. The third-order valence-electron chi connectivity index (χ3n) is 2.57. The summed E-state index contributed by atoms with van der Waals surface area (Å²) in [5, 5.41) is 0. The number of benzene rings is 1. The highest BCUT2D eigenvalue weighted by Gasteiger charge is 1.99. The first-order chi connectivity index (χ1) is 7.27. The molecule has 0 N–H and O–H groups in total. The van der Waals surface area contributed by atoms with E-state index in [1.165, 1.54) is 24.9 Å². The lowest BCUT2D eigenvalue weighted by Crippen LogP contribution is -2.18. The third kappa shape index (κ3) is 3.74. The molecule has 0 radical (unpaired) electrons. The van der Waals surface area contributed by atoms with Crippen LogP contribution in [0.1, 0.15) is 36.5 Å². The van der Waals surface area contributed by atoms with Gasteiger partial charge in [-0.3, -0.25) is 4.79 Å². The quantitative estimate of drug-likeness (QED) is 0.525. The number of anilines is 1. The monoisotopic (exact) mass is 205 g/mol. The molecule has 0 saturated carbocycles. The van der Waals surface area contributed by atoms with Gasteiger partial charge in [-0.25, -0.2) is 0 Å². The highest BCUT2D eigenvalue weighted by Crippen LogP contribution is 2.13. The van der Waals surface area contributed by atoms with E-state index in [2.05, 4.69) is 18.9 Å². The Morgan fingerprint density at radius 1 is 1.20 bits per heavy atom. The number of rotatable bonds is 6. The fourth-order valence-corrected chi connectivity index (χ4v) is 1.54. The molecule has 0 amide bonds. The molecule has 0 atom stereocenters. The maximum absolute atomic E-state index is 10.5. The van der Waals surface area contributed by atoms with Crippen molar-refractivity contribution in [3.05, 3.63) is 29.8 Å². The molecule has 2 heteroatoms. The molecule has 0 heterocycles. The van der Waals surface area contributed by atoms with Crippen molar-refractivity contribution in [2.75, 3.05) is 18.5 Å². The Kier molecular flexibility index (Phi) is 4.88. The van der Waals surface area contributed by atoms with Crippen LogP contribution in [-0.4, -0.2) is 19.9 Å². The Balaban J connectivity index is 2.50. The molecule has 0 spiro atoms. The van der Waals surface area contributed by atoms with E-state index >= 15 is 0 Å². The van der Waals surface area contributed by atoms with Crippen molar-refractivity contribution in [1.82, 2.24) is 0 Å². The largest absolute Gasteiger partial charge is 0.375 e. The molecule has 1 rings (SSSR count). The molecule has 82 valence electrons. The number of aldehydes is 1. The zero-order valence-electron chi connectivity index (χ0n) is 9.57. The Bertz CT molecular complexity index is 292. The van der Waals surface area contributed by atoms with Gasteiger partial charge in [0.05, 0.1) is 0 Å². The van der Waals surface area contributed by atoms with E-state index in [-0.39, 0.29) is 0 Å². The van der Waals surface area contributed by atoms with Crippen LogP contribution in [0.2, 0.25) is 0 Å². The summed E-state index contributed by atoms with van der Waals surface area (Å²) in [5.74, 6) is 0. The molecule has 0 fully saturated rings. The molecular formula is C13H19NO. The van der Waals surface area contributed by atoms with Crippen molar-refractivity contribution >= 4 is 12.0 Å². The second-order valence-corrected chi connectivity index (χ2v) is 3.84. The van der Waals surface area contributed by atoms with Gasteiger partial charge in [-0.1, -0.05) is 19.8 Å². The first-order valence-electron chi connectivity index (χ1n) is 5.54. The number of hydrogen-bond donors (Lipinski definition) is 0. The Hall–Kier alpha value is -1.31. The second kappa shape index (κ2) is 6.23. The van der Waals surface area contributed by atoms with E-state index in [0.717, 1.165) is 18.4 Å². The minimum Gasteiger partial charge on any atom is -0.375 e. The zero-order valence-corrected chi connectivity index (χ0v) is 9.57. The van der Waals surface area contributed by atoms with Crippen LogP contribution in [0.4, 0.5) is 5.69 Å². The predicted octanol–water partition coefficient (Wildman–Crippen LogP) is 3.13. The average Bonchev–Trinajstić information content (AvgIpc) is 2.29. The molecule has 0 aliphatic heterocycles. The van der Waals surface area contributed by atoms with Crippen LogP contribution in [0, 0.1) is 0 Å². The van der Waals surface area contributed by atoms with Gasteiger partial charge in [-0.15, -0.1) is 0 Å². The van der Waals surface area contributed by atoms with Crippen molar-refractivity contribution in [1.29, 1.82) is 0 Å². The summed E-state index contributed by atoms with van der Waals surface area (Å²) in [4.78, 5) is 12.7. The summed E-state index contributed by atoms with van der Waals surface area (Å²) >= 11 is 0. The molecule has 0 aromatic heterocycles. The van der Waals surface area contributed by atoms with Crippen LogP contribution in [0.25, 0.3) is 0 Å². The van der Waals surface area contributed by atoms with E-state index in [9.17, 15) is 4.79 Å². The first kappa shape index (κ1) is 11.8. The average molecular weight is 205 g/mol. The van der Waals surface area contributed by atoms with Gasteiger partial charge in [0.1, 0.15) is 6.29 Å². The zero-order chi connectivity index (χ0) is 11.1. The van der Waals surface area contributed by atoms with Gasteiger partial charge in [0.25, 0.3) is 0 Å². The Morgan fingerprint density at radius 2 is 1.87 bits per heavy atom. The molecule has 1 aromatic carbocycles. The van der Waals surface area contributed by atoms with Crippen LogP contribution >= 0.6 is 0 Å². The molecule has 0 saturated heterocycles. The molecule has 0 aliphatic rings. The van der Waals surface area contributed by atoms with Crippen LogP contribution in [0.15, 0.2) is 24.3 Å². The van der Waals surface area contributed by atoms with Gasteiger partial charge in [0.2, 0.25) is 0 Å². The van der Waals surface area contributed by atoms with Gasteiger partial charge in [-0.2, -0.15) is 0 Å². The number of carbonyl (C=O) groups is 1. The minimum atomic E-state index is 0.737. The topological polar surface area (TPSA) is 20.3 Å². The lowest BCUT2D eigenvalue weighted by molar-refractivity contribution is 0.112. The third-order valence-corrected chi connectivity index (χ3v) is 2.57. The Morgan fingerprint density at radius 3 is 2.40 bits per heavy atom. The van der Waals surface area contributed by atoms with Crippen molar-refractivity contribution < 1.29 is 4.79 Å². The molecule has 0 aliphatic carbocycles. The highest BCUT2D eigenvalue weighted by molar-refractivity contribution is 5.75. The minimum absolute atomic E-state index is 0.737. The molecule has 0 bridgehead atoms. The fraction of sp³-hybridized carbons (Fsp3) is 0.462. The summed E-state index contributed by atoms with van der Waals surface area (Å²) < 4.78 is 0. The van der Waals surface area contributed by atoms with E-state index in [4.69, 9.17) is 0 Å². The molecule has 15 heavy (non-hydrogen) atoms. The van der Waals surface area contributed by atoms with Crippen molar-refractivity contribution in [2.24, 2.45) is 0 Å². The maximum Gasteiger partial charge on any atom is 0.150 e. The number of carbonyl (C=O) groups excluding carboxylic acids is 1. The second-order valence-electron chi connectivity index (χ2n) is 3.84. The number of nitrogens with zero attached hydrogens (tertiary/aromatic N) is 1. The smallest absolute Gasteiger partial charge is 0.150 e. The van der Waals surface area contributed by atoms with Crippen LogP contribution in [0.5, 0.6) is 0 Å². The van der Waals surface area contributed by atoms with Gasteiger partial charge >= 0.3 is 0 Å². The summed E-state index contributed by atoms with van der Waals surface area (Å²) in [6.45, 7) is 3.28. The molecular weight excluding hydrogens is 186 g/mol. The molecule has 2 nitrogen and oxygen atoms in total. The van der Waals surface area contributed by atoms with Crippen molar-refractivity contribution in [2.45, 2.75) is 26.2 Å². The highest BCUT2D eigenvalue weighted by atomic mass is 16.1. The summed E-state index contributed by atoms with van der Waals surface area (Å²) in [7, 11) is 2.09. The SMILES string of the molecule is CCCCCN(C)c1ccc(C=O)cc1. The van der Waals surface area contributed by atoms with Crippen LogP contribution < -0.4 is 4.90 Å². The normalized spacial score (nSPS) is 10.0. The predicted molar refractivity (Wildman–Crippen MR) is 64.6 cm³/mol. The summed E-state index contributed by atoms with van der Waals surface area (Å²) in [6.07, 6.45) is 4.62. The van der Waals surface area contributed by atoms with Crippen LogP contribution in [-0.2, 0) is 0 Å². The van der Waals surface area contributed by atoms with Crippen LogP contribution in [0.3, 0.4) is 0 Å². The van der Waals surface area contributed by atoms with E-state index < -0.39 is 0 Å². The number of hydrogen-bond acceptors (Lipinski definition) is 2. The fourth-order valence-electron chi connectivity index (χ4n) is 1.54. The van der Waals surface area contributed by atoms with E-state index in [1.807, 2.05) is 24.3 Å². The Labute approximate surface area is 91.9 Å². The van der Waals surface area contributed by atoms with Gasteiger partial charge in [-0.05, 0) is 30.7 Å². The molecule has 0 unspecified atom stereocenters. The lowest BCUT2D eigenvalue weighted by Gasteiger charge is -2.19.